The van der Waals surface area contributed by atoms with Gasteiger partial charge in [-0.15, -0.1) is 0 Å². The van der Waals surface area contributed by atoms with E-state index in [-0.39, 0.29) is 17.9 Å². The zero-order valence-corrected chi connectivity index (χ0v) is 11.2. The van der Waals surface area contributed by atoms with E-state index in [1.165, 1.54) is 0 Å². The minimum absolute atomic E-state index is 0.0963. The number of nitrogens with one attached hydrogen (secondary N) is 1. The summed E-state index contributed by atoms with van der Waals surface area (Å²) >= 11 is 0. The highest BCUT2D eigenvalue weighted by Crippen LogP contribution is 2.25. The molecule has 1 saturated carbocycles. The molecule has 4 heteroatoms. The second-order valence-electron chi connectivity index (χ2n) is 5.18. The molecule has 1 fully saturated rings. The molecule has 4 nitrogen and oxygen atoms in total. The first-order valence-corrected chi connectivity index (χ1v) is 6.53. The van der Waals surface area contributed by atoms with Crippen molar-refractivity contribution in [2.24, 2.45) is 5.92 Å². The van der Waals surface area contributed by atoms with Gasteiger partial charge in [0.15, 0.2) is 0 Å². The van der Waals surface area contributed by atoms with Crippen LogP contribution in [-0.4, -0.2) is 23.7 Å². The summed E-state index contributed by atoms with van der Waals surface area (Å²) in [5, 5.41) is 12.6. The minimum atomic E-state index is -0.265. The molecule has 1 aromatic heterocycles. The molecular formula is C14H21NO3. The molecule has 100 valence electrons. The van der Waals surface area contributed by atoms with Gasteiger partial charge in [-0.3, -0.25) is 4.79 Å². The first-order valence-electron chi connectivity index (χ1n) is 6.53. The van der Waals surface area contributed by atoms with Crippen molar-refractivity contribution in [3.8, 4) is 0 Å². The van der Waals surface area contributed by atoms with E-state index in [1.54, 1.807) is 6.92 Å². The van der Waals surface area contributed by atoms with Gasteiger partial charge in [0.1, 0.15) is 11.5 Å². The van der Waals surface area contributed by atoms with Gasteiger partial charge in [0.2, 0.25) is 0 Å². The van der Waals surface area contributed by atoms with Crippen molar-refractivity contribution in [1.29, 1.82) is 0 Å². The quantitative estimate of drug-likeness (QED) is 0.864. The lowest BCUT2D eigenvalue weighted by Crippen LogP contribution is -2.32. The van der Waals surface area contributed by atoms with Crippen LogP contribution in [-0.2, 0) is 0 Å². The molecule has 1 aliphatic carbocycles. The van der Waals surface area contributed by atoms with E-state index in [0.29, 0.717) is 17.9 Å². The van der Waals surface area contributed by atoms with Crippen LogP contribution >= 0.6 is 0 Å². The topological polar surface area (TPSA) is 62.5 Å². The minimum Gasteiger partial charge on any atom is -0.466 e. The van der Waals surface area contributed by atoms with Gasteiger partial charge in [-0.2, -0.15) is 0 Å². The predicted octanol–water partition coefficient (Wildman–Crippen LogP) is 2.10. The molecule has 0 aromatic carbocycles. The summed E-state index contributed by atoms with van der Waals surface area (Å²) in [6.45, 7) is 6.10. The number of aliphatic hydroxyl groups is 1. The summed E-state index contributed by atoms with van der Waals surface area (Å²) in [6.07, 6.45) is 2.62. The number of hydrogen-bond acceptors (Lipinski definition) is 3. The maximum Gasteiger partial charge on any atom is 0.255 e. The number of hydrogen-bond donors (Lipinski definition) is 2. The fraction of sp³-hybridized carbons (Fsp3) is 0.643. The van der Waals surface area contributed by atoms with Gasteiger partial charge in [0.05, 0.1) is 11.7 Å². The molecule has 1 amide bonds. The Kier molecular flexibility index (Phi) is 3.76. The highest BCUT2D eigenvalue weighted by atomic mass is 16.3. The van der Waals surface area contributed by atoms with Crippen LogP contribution in [0.1, 0.15) is 46.7 Å². The van der Waals surface area contributed by atoms with E-state index in [1.807, 2.05) is 13.8 Å². The molecule has 0 aliphatic heterocycles. The Labute approximate surface area is 107 Å². The molecule has 0 spiro atoms. The van der Waals surface area contributed by atoms with E-state index < -0.39 is 0 Å². The van der Waals surface area contributed by atoms with Crippen LogP contribution in [0.2, 0.25) is 0 Å². The largest absolute Gasteiger partial charge is 0.466 e. The number of aliphatic hydroxyl groups excluding tert-OH is 1. The number of carbonyl (C=O) groups excluding carboxylic acids is 1. The number of aryl methyl sites for hydroxylation is 2. The van der Waals surface area contributed by atoms with Crippen LogP contribution in [0.5, 0.6) is 0 Å². The van der Waals surface area contributed by atoms with E-state index in [9.17, 15) is 9.90 Å². The molecular weight excluding hydrogens is 230 g/mol. The highest BCUT2D eigenvalue weighted by Gasteiger charge is 2.26. The van der Waals surface area contributed by atoms with Crippen LogP contribution in [0.25, 0.3) is 0 Å². The highest BCUT2D eigenvalue weighted by molar-refractivity contribution is 5.96. The smallest absolute Gasteiger partial charge is 0.255 e. The second kappa shape index (κ2) is 5.14. The standard InChI is InChI=1S/C14H21NO3/c1-8-9(2)18-10(3)13(8)14(17)15-7-11-5-4-6-12(11)16/h11-12,16H,4-7H2,1-3H3,(H,15,17). The zero-order valence-electron chi connectivity index (χ0n) is 11.2. The summed E-state index contributed by atoms with van der Waals surface area (Å²) < 4.78 is 5.45. The van der Waals surface area contributed by atoms with E-state index in [0.717, 1.165) is 30.6 Å². The van der Waals surface area contributed by atoms with Gasteiger partial charge in [0, 0.05) is 18.0 Å². The molecule has 1 aromatic rings. The maximum atomic E-state index is 12.1. The third kappa shape index (κ3) is 2.43. The molecule has 2 rings (SSSR count). The Morgan fingerprint density at radius 1 is 1.33 bits per heavy atom. The molecule has 2 unspecified atom stereocenters. The fourth-order valence-corrected chi connectivity index (χ4v) is 2.70. The zero-order chi connectivity index (χ0) is 13.3. The van der Waals surface area contributed by atoms with Gasteiger partial charge >= 0.3 is 0 Å². The van der Waals surface area contributed by atoms with Crippen molar-refractivity contribution in [2.75, 3.05) is 6.54 Å². The van der Waals surface area contributed by atoms with E-state index in [4.69, 9.17) is 4.42 Å². The van der Waals surface area contributed by atoms with E-state index in [2.05, 4.69) is 5.32 Å². The van der Waals surface area contributed by atoms with Crippen molar-refractivity contribution in [1.82, 2.24) is 5.32 Å². The average Bonchev–Trinajstić information content (AvgIpc) is 2.81. The predicted molar refractivity (Wildman–Crippen MR) is 68.6 cm³/mol. The number of carbonyl (C=O) groups is 1. The summed E-state index contributed by atoms with van der Waals surface area (Å²) in [4.78, 5) is 12.1. The molecule has 0 saturated heterocycles. The third-order valence-electron chi connectivity index (χ3n) is 3.93. The van der Waals surface area contributed by atoms with E-state index >= 15 is 0 Å². The van der Waals surface area contributed by atoms with Crippen molar-refractivity contribution in [2.45, 2.75) is 46.1 Å². The molecule has 0 bridgehead atoms. The van der Waals surface area contributed by atoms with Crippen molar-refractivity contribution < 1.29 is 14.3 Å². The number of rotatable bonds is 3. The first kappa shape index (κ1) is 13.1. The Morgan fingerprint density at radius 3 is 2.56 bits per heavy atom. The van der Waals surface area contributed by atoms with Crippen LogP contribution in [0.4, 0.5) is 0 Å². The summed E-state index contributed by atoms with van der Waals surface area (Å²) in [5.41, 5.74) is 1.54. The monoisotopic (exact) mass is 251 g/mol. The normalized spacial score (nSPS) is 23.3. The average molecular weight is 251 g/mol. The second-order valence-corrected chi connectivity index (χ2v) is 5.18. The van der Waals surface area contributed by atoms with Gasteiger partial charge in [-0.05, 0) is 33.6 Å². The van der Waals surface area contributed by atoms with Crippen LogP contribution in [0, 0.1) is 26.7 Å². The van der Waals surface area contributed by atoms with Gasteiger partial charge < -0.3 is 14.8 Å². The Balaban J connectivity index is 1.99. The van der Waals surface area contributed by atoms with Crippen LogP contribution in [0.15, 0.2) is 4.42 Å². The SMILES string of the molecule is Cc1oc(C)c(C(=O)NCC2CCCC2O)c1C. The van der Waals surface area contributed by atoms with Crippen molar-refractivity contribution >= 4 is 5.91 Å². The molecule has 0 radical (unpaired) electrons. The Bertz CT molecular complexity index is 450. The molecule has 18 heavy (non-hydrogen) atoms. The van der Waals surface area contributed by atoms with Gasteiger partial charge in [-0.1, -0.05) is 6.42 Å². The van der Waals surface area contributed by atoms with Crippen molar-refractivity contribution in [3.63, 3.8) is 0 Å². The summed E-state index contributed by atoms with van der Waals surface area (Å²) in [7, 11) is 0. The number of amides is 1. The van der Waals surface area contributed by atoms with Gasteiger partial charge in [0.25, 0.3) is 5.91 Å². The molecule has 1 aliphatic rings. The van der Waals surface area contributed by atoms with Crippen LogP contribution < -0.4 is 5.32 Å². The molecule has 1 heterocycles. The lowest BCUT2D eigenvalue weighted by molar-refractivity contribution is 0.0915. The Hall–Kier alpha value is -1.29. The molecule has 2 atom stereocenters. The number of furan rings is 1. The van der Waals surface area contributed by atoms with Crippen molar-refractivity contribution in [3.05, 3.63) is 22.6 Å². The lowest BCUT2D eigenvalue weighted by Gasteiger charge is -2.15. The maximum absolute atomic E-state index is 12.1. The van der Waals surface area contributed by atoms with Crippen LogP contribution in [0.3, 0.4) is 0 Å². The molecule has 2 N–H and O–H groups in total. The summed E-state index contributed by atoms with van der Waals surface area (Å²) in [5.74, 6) is 1.55. The fourth-order valence-electron chi connectivity index (χ4n) is 2.70. The lowest BCUT2D eigenvalue weighted by atomic mass is 10.1. The summed E-state index contributed by atoms with van der Waals surface area (Å²) in [6, 6.07) is 0. The Morgan fingerprint density at radius 2 is 2.06 bits per heavy atom. The van der Waals surface area contributed by atoms with Gasteiger partial charge in [-0.25, -0.2) is 0 Å². The first-order chi connectivity index (χ1) is 8.50. The third-order valence-corrected chi connectivity index (χ3v) is 3.93.